The van der Waals surface area contributed by atoms with Crippen LogP contribution in [0.25, 0.3) is 0 Å². The predicted molar refractivity (Wildman–Crippen MR) is 92.5 cm³/mol. The normalized spacial score (nSPS) is 14.6. The Morgan fingerprint density at radius 1 is 1.08 bits per heavy atom. The summed E-state index contributed by atoms with van der Waals surface area (Å²) in [6.45, 7) is 2.18. The molecule has 0 atom stereocenters. The molecule has 2 aromatic rings. The number of rotatable bonds is 3. The van der Waals surface area contributed by atoms with Crippen LogP contribution in [0.15, 0.2) is 36.4 Å². The highest BCUT2D eigenvalue weighted by molar-refractivity contribution is 6.33. The molecule has 0 spiro atoms. The zero-order valence-electron chi connectivity index (χ0n) is 13.6. The molecule has 0 aliphatic carbocycles. The first kappa shape index (κ1) is 17.5. The molecule has 0 aromatic heterocycles. The summed E-state index contributed by atoms with van der Waals surface area (Å²) in [5, 5.41) is -0.0841. The predicted octanol–water partition coefficient (Wildman–Crippen LogP) is 3.59. The van der Waals surface area contributed by atoms with Crippen LogP contribution in [0, 0.1) is 11.6 Å². The summed E-state index contributed by atoms with van der Waals surface area (Å²) in [4.78, 5) is 16.3. The third kappa shape index (κ3) is 3.69. The molecule has 1 aliphatic heterocycles. The van der Waals surface area contributed by atoms with Crippen molar-refractivity contribution in [3.8, 4) is 5.75 Å². The van der Waals surface area contributed by atoms with E-state index in [1.165, 1.54) is 0 Å². The van der Waals surface area contributed by atoms with Gasteiger partial charge in [-0.3, -0.25) is 4.79 Å². The van der Waals surface area contributed by atoms with Gasteiger partial charge in [0.2, 0.25) is 0 Å². The van der Waals surface area contributed by atoms with Crippen LogP contribution in [0.4, 0.5) is 14.5 Å². The maximum atomic E-state index is 13.4. The molecule has 0 bridgehead atoms. The molecule has 3 rings (SSSR count). The van der Waals surface area contributed by atoms with Crippen LogP contribution in [0.2, 0.25) is 5.02 Å². The summed E-state index contributed by atoms with van der Waals surface area (Å²) in [6.07, 6.45) is 0. The van der Waals surface area contributed by atoms with Crippen LogP contribution in [0.5, 0.6) is 5.75 Å². The molecular weight excluding hydrogens is 350 g/mol. The number of hydrogen-bond donors (Lipinski definition) is 0. The second-order valence-electron chi connectivity index (χ2n) is 5.73. The Morgan fingerprint density at radius 2 is 1.76 bits per heavy atom. The number of ether oxygens (including phenoxy) is 1. The molecule has 0 saturated carbocycles. The van der Waals surface area contributed by atoms with E-state index in [1.807, 2.05) is 24.3 Å². The van der Waals surface area contributed by atoms with E-state index in [-0.39, 0.29) is 10.6 Å². The minimum Gasteiger partial charge on any atom is -0.497 e. The van der Waals surface area contributed by atoms with Crippen molar-refractivity contribution in [2.24, 2.45) is 0 Å². The fourth-order valence-electron chi connectivity index (χ4n) is 2.83. The lowest BCUT2D eigenvalue weighted by Gasteiger charge is -2.36. The first-order valence-electron chi connectivity index (χ1n) is 7.82. The quantitative estimate of drug-likeness (QED) is 0.778. The van der Waals surface area contributed by atoms with Gasteiger partial charge in [-0.1, -0.05) is 17.7 Å². The smallest absolute Gasteiger partial charge is 0.255 e. The summed E-state index contributed by atoms with van der Waals surface area (Å²) in [6, 6.07) is 9.38. The first-order chi connectivity index (χ1) is 12.0. The molecule has 1 saturated heterocycles. The van der Waals surface area contributed by atoms with Crippen LogP contribution in [-0.4, -0.2) is 44.1 Å². The van der Waals surface area contributed by atoms with Gasteiger partial charge in [0.15, 0.2) is 11.6 Å². The third-order valence-corrected chi connectivity index (χ3v) is 4.54. The van der Waals surface area contributed by atoms with Gasteiger partial charge in [0, 0.05) is 37.9 Å². The molecule has 0 radical (unpaired) electrons. The largest absolute Gasteiger partial charge is 0.497 e. The minimum absolute atomic E-state index is 0.0182. The van der Waals surface area contributed by atoms with Crippen molar-refractivity contribution in [2.45, 2.75) is 0 Å². The molecule has 1 amide bonds. The van der Waals surface area contributed by atoms with Crippen LogP contribution < -0.4 is 9.64 Å². The van der Waals surface area contributed by atoms with Crippen LogP contribution in [-0.2, 0) is 0 Å². The number of piperazine rings is 1. The lowest BCUT2D eigenvalue weighted by Crippen LogP contribution is -2.48. The van der Waals surface area contributed by atoms with Gasteiger partial charge in [0.1, 0.15) is 5.75 Å². The number of carbonyl (C=O) groups is 1. The number of carbonyl (C=O) groups excluding carboxylic acids is 1. The number of anilines is 1. The molecule has 132 valence electrons. The fourth-order valence-corrected chi connectivity index (χ4v) is 3.06. The standard InChI is InChI=1S/C18H17ClF2N2O2/c1-25-13-4-2-3-12(9-13)22-5-7-23(8-6-22)18(24)14-10-16(20)17(21)11-15(14)19/h2-4,9-11H,5-8H2,1H3. The maximum absolute atomic E-state index is 13.4. The number of nitrogens with zero attached hydrogens (tertiary/aromatic N) is 2. The van der Waals surface area contributed by atoms with E-state index in [2.05, 4.69) is 4.90 Å². The number of benzene rings is 2. The zero-order valence-corrected chi connectivity index (χ0v) is 14.4. The van der Waals surface area contributed by atoms with Crippen LogP contribution in [0.1, 0.15) is 10.4 Å². The van der Waals surface area contributed by atoms with E-state index in [0.717, 1.165) is 23.6 Å². The fraction of sp³-hybridized carbons (Fsp3) is 0.278. The van der Waals surface area contributed by atoms with Crippen molar-refractivity contribution in [3.63, 3.8) is 0 Å². The lowest BCUT2D eigenvalue weighted by molar-refractivity contribution is 0.0746. The number of amides is 1. The molecule has 0 N–H and O–H groups in total. The topological polar surface area (TPSA) is 32.8 Å². The zero-order chi connectivity index (χ0) is 18.0. The molecule has 1 aliphatic rings. The van der Waals surface area contributed by atoms with E-state index in [0.29, 0.717) is 26.2 Å². The Bertz CT molecular complexity index is 793. The number of hydrogen-bond acceptors (Lipinski definition) is 3. The van der Waals surface area contributed by atoms with E-state index in [9.17, 15) is 13.6 Å². The molecule has 1 heterocycles. The molecule has 1 fully saturated rings. The van der Waals surface area contributed by atoms with Crippen molar-refractivity contribution >= 4 is 23.2 Å². The SMILES string of the molecule is COc1cccc(N2CCN(C(=O)c3cc(F)c(F)cc3Cl)CC2)c1. The Balaban J connectivity index is 1.69. The highest BCUT2D eigenvalue weighted by atomic mass is 35.5. The minimum atomic E-state index is -1.08. The summed E-state index contributed by atoms with van der Waals surface area (Å²) >= 11 is 5.90. The van der Waals surface area contributed by atoms with Gasteiger partial charge in [-0.15, -0.1) is 0 Å². The van der Waals surface area contributed by atoms with Gasteiger partial charge >= 0.3 is 0 Å². The molecule has 25 heavy (non-hydrogen) atoms. The second-order valence-corrected chi connectivity index (χ2v) is 6.13. The monoisotopic (exact) mass is 366 g/mol. The van der Waals surface area contributed by atoms with Gasteiger partial charge in [0.05, 0.1) is 17.7 Å². The summed E-state index contributed by atoms with van der Waals surface area (Å²) in [5.41, 5.74) is 0.993. The van der Waals surface area contributed by atoms with Gasteiger partial charge in [-0.2, -0.15) is 0 Å². The Morgan fingerprint density at radius 3 is 2.44 bits per heavy atom. The average molecular weight is 367 g/mol. The van der Waals surface area contributed by atoms with Gasteiger partial charge in [-0.25, -0.2) is 8.78 Å². The van der Waals surface area contributed by atoms with E-state index in [4.69, 9.17) is 16.3 Å². The van der Waals surface area contributed by atoms with E-state index >= 15 is 0 Å². The highest BCUT2D eigenvalue weighted by Crippen LogP contribution is 2.24. The Labute approximate surface area is 149 Å². The van der Waals surface area contributed by atoms with E-state index < -0.39 is 17.5 Å². The molecule has 4 nitrogen and oxygen atoms in total. The van der Waals surface area contributed by atoms with Gasteiger partial charge in [0.25, 0.3) is 5.91 Å². The summed E-state index contributed by atoms with van der Waals surface area (Å²) < 4.78 is 31.8. The van der Waals surface area contributed by atoms with Crippen LogP contribution >= 0.6 is 11.6 Å². The number of halogens is 3. The van der Waals surface area contributed by atoms with Gasteiger partial charge < -0.3 is 14.5 Å². The van der Waals surface area contributed by atoms with Crippen molar-refractivity contribution in [1.82, 2.24) is 4.90 Å². The summed E-state index contributed by atoms with van der Waals surface area (Å²) in [5.74, 6) is -1.77. The third-order valence-electron chi connectivity index (χ3n) is 4.23. The van der Waals surface area contributed by atoms with Crippen molar-refractivity contribution in [1.29, 1.82) is 0 Å². The molecule has 0 unspecified atom stereocenters. The van der Waals surface area contributed by atoms with Crippen LogP contribution in [0.3, 0.4) is 0 Å². The lowest BCUT2D eigenvalue weighted by atomic mass is 10.1. The van der Waals surface area contributed by atoms with Crippen molar-refractivity contribution < 1.29 is 18.3 Å². The highest BCUT2D eigenvalue weighted by Gasteiger charge is 2.25. The summed E-state index contributed by atoms with van der Waals surface area (Å²) in [7, 11) is 1.61. The van der Waals surface area contributed by atoms with E-state index in [1.54, 1.807) is 12.0 Å². The first-order valence-corrected chi connectivity index (χ1v) is 8.20. The van der Waals surface area contributed by atoms with Crippen molar-refractivity contribution in [3.05, 3.63) is 58.6 Å². The van der Waals surface area contributed by atoms with Crippen molar-refractivity contribution in [2.75, 3.05) is 38.2 Å². The second kappa shape index (κ2) is 7.27. The Hall–Kier alpha value is -2.34. The molecule has 2 aromatic carbocycles. The number of methoxy groups -OCH3 is 1. The maximum Gasteiger partial charge on any atom is 0.255 e. The van der Waals surface area contributed by atoms with Gasteiger partial charge in [-0.05, 0) is 24.3 Å². The average Bonchev–Trinajstić information content (AvgIpc) is 2.64. The molecule has 7 heteroatoms. The molecular formula is C18H17ClF2N2O2. The Kier molecular flexibility index (Phi) is 5.08.